The van der Waals surface area contributed by atoms with Crippen molar-refractivity contribution in [1.29, 1.82) is 0 Å². The summed E-state index contributed by atoms with van der Waals surface area (Å²) < 4.78 is 25.8. The number of rotatable bonds is 6. The Balaban J connectivity index is 1.98. The molecule has 24 heavy (non-hydrogen) atoms. The average Bonchev–Trinajstić information content (AvgIpc) is 2.53. The van der Waals surface area contributed by atoms with Gasteiger partial charge in [0.2, 0.25) is 0 Å². The van der Waals surface area contributed by atoms with Gasteiger partial charge in [-0.15, -0.1) is 0 Å². The number of hydrogen-bond donors (Lipinski definition) is 0. The second-order valence-corrected chi connectivity index (χ2v) is 8.73. The lowest BCUT2D eigenvalue weighted by Gasteiger charge is -1.97. The number of halogens is 2. The van der Waals surface area contributed by atoms with E-state index >= 15 is 0 Å². The third-order valence-electron chi connectivity index (χ3n) is 3.01. The molecule has 0 saturated heterocycles. The molecule has 0 spiro atoms. The summed E-state index contributed by atoms with van der Waals surface area (Å²) in [5, 5.41) is 1.07. The van der Waals surface area contributed by atoms with Crippen LogP contribution in [-0.2, 0) is 14.6 Å². The summed E-state index contributed by atoms with van der Waals surface area (Å²) in [7, 11) is -3.60. The topological polar surface area (TPSA) is 51.2 Å². The fourth-order valence-electron chi connectivity index (χ4n) is 1.81. The summed E-state index contributed by atoms with van der Waals surface area (Å²) in [6.45, 7) is 0. The number of carbonyl (C=O) groups excluding carboxylic acids is 1. The molecule has 0 bridgehead atoms. The summed E-state index contributed by atoms with van der Waals surface area (Å²) in [5.41, 5.74) is 1.58. The molecule has 0 radical (unpaired) electrons. The van der Waals surface area contributed by atoms with E-state index in [9.17, 15) is 13.2 Å². The maximum atomic E-state index is 12.0. The molecule has 0 N–H and O–H groups in total. The Kier molecular flexibility index (Phi) is 6.71. The Bertz CT molecular complexity index is 865. The molecule has 0 atom stereocenters. The molecule has 0 heterocycles. The third kappa shape index (κ3) is 6.55. The Morgan fingerprint density at radius 3 is 1.79 bits per heavy atom. The molecule has 0 amide bonds. The van der Waals surface area contributed by atoms with Crippen molar-refractivity contribution >= 4 is 59.6 Å². The van der Waals surface area contributed by atoms with Crippen LogP contribution in [-0.4, -0.2) is 20.0 Å². The van der Waals surface area contributed by atoms with Gasteiger partial charge < -0.3 is 0 Å². The molecule has 6 heteroatoms. The lowest BCUT2D eigenvalue weighted by Crippen LogP contribution is -2.11. The zero-order valence-electron chi connectivity index (χ0n) is 12.5. The Morgan fingerprint density at radius 1 is 0.833 bits per heavy atom. The molecule has 0 aliphatic carbocycles. The van der Waals surface area contributed by atoms with Crippen molar-refractivity contribution in [2.45, 2.75) is 0 Å². The molecule has 3 nitrogen and oxygen atoms in total. The minimum absolute atomic E-state index is 0.460. The van der Waals surface area contributed by atoms with Gasteiger partial charge >= 0.3 is 0 Å². The highest BCUT2D eigenvalue weighted by Crippen LogP contribution is 2.13. The van der Waals surface area contributed by atoms with Crippen LogP contribution in [0.5, 0.6) is 0 Å². The van der Waals surface area contributed by atoms with E-state index in [0.717, 1.165) is 25.5 Å². The molecule has 124 valence electrons. The smallest absolute Gasteiger partial charge is 0.179 e. The molecule has 0 aliphatic rings. The second kappa shape index (κ2) is 8.55. The standard InChI is InChI=1S/C18H14Br2O3S/c19-16-6-1-14(2-7-16)5-10-18(21)13-24(22,23)12-11-15-3-8-17(20)9-4-15/h1-12H,13H2/b10-5-,12-11?. The van der Waals surface area contributed by atoms with Crippen molar-refractivity contribution in [3.05, 3.63) is 80.1 Å². The third-order valence-corrected chi connectivity index (χ3v) is 5.31. The highest BCUT2D eigenvalue weighted by atomic mass is 79.9. The van der Waals surface area contributed by atoms with Crippen LogP contribution in [0, 0.1) is 0 Å². The number of hydrogen-bond acceptors (Lipinski definition) is 3. The molecule has 0 saturated carbocycles. The Hall–Kier alpha value is -1.50. The molecule has 2 rings (SSSR count). The molecule has 0 aromatic heterocycles. The van der Waals surface area contributed by atoms with Gasteiger partial charge in [0.05, 0.1) is 0 Å². The van der Waals surface area contributed by atoms with Crippen LogP contribution in [0.25, 0.3) is 12.2 Å². The highest BCUT2D eigenvalue weighted by Gasteiger charge is 2.11. The number of ketones is 1. The van der Waals surface area contributed by atoms with Crippen LogP contribution in [0.4, 0.5) is 0 Å². The number of allylic oxidation sites excluding steroid dienone is 1. The van der Waals surface area contributed by atoms with Gasteiger partial charge in [0.15, 0.2) is 15.6 Å². The first-order valence-electron chi connectivity index (χ1n) is 6.97. The van der Waals surface area contributed by atoms with Crippen LogP contribution in [0.3, 0.4) is 0 Å². The molecular weight excluding hydrogens is 456 g/mol. The van der Waals surface area contributed by atoms with Gasteiger partial charge in [-0.2, -0.15) is 0 Å². The SMILES string of the molecule is O=C(/C=C\c1ccc(Br)cc1)CS(=O)(=O)C=Cc1ccc(Br)cc1. The fraction of sp³-hybridized carbons (Fsp3) is 0.0556. The lowest BCUT2D eigenvalue weighted by atomic mass is 10.2. The zero-order chi connectivity index (χ0) is 17.6. The molecule has 2 aromatic carbocycles. The monoisotopic (exact) mass is 468 g/mol. The minimum atomic E-state index is -3.60. The predicted molar refractivity (Wildman–Crippen MR) is 105 cm³/mol. The zero-order valence-corrected chi connectivity index (χ0v) is 16.5. The van der Waals surface area contributed by atoms with Crippen molar-refractivity contribution in [2.24, 2.45) is 0 Å². The van der Waals surface area contributed by atoms with E-state index < -0.39 is 21.4 Å². The van der Waals surface area contributed by atoms with Crippen LogP contribution >= 0.6 is 31.9 Å². The van der Waals surface area contributed by atoms with Gasteiger partial charge in [-0.05, 0) is 47.5 Å². The predicted octanol–water partition coefficient (Wildman–Crippen LogP) is 4.88. The quantitative estimate of drug-likeness (QED) is 0.566. The number of sulfone groups is 1. The minimum Gasteiger partial charge on any atom is -0.294 e. The first-order chi connectivity index (χ1) is 11.3. The average molecular weight is 470 g/mol. The van der Waals surface area contributed by atoms with Gasteiger partial charge in [-0.3, -0.25) is 4.79 Å². The van der Waals surface area contributed by atoms with E-state index in [4.69, 9.17) is 0 Å². The Morgan fingerprint density at radius 2 is 1.29 bits per heavy atom. The maximum absolute atomic E-state index is 12.0. The molecule has 0 fully saturated rings. The fourth-order valence-corrected chi connectivity index (χ4v) is 3.30. The van der Waals surface area contributed by atoms with Crippen LogP contribution in [0.15, 0.2) is 69.0 Å². The molecule has 2 aromatic rings. The maximum Gasteiger partial charge on any atom is 0.179 e. The van der Waals surface area contributed by atoms with Gasteiger partial charge in [-0.25, -0.2) is 8.42 Å². The second-order valence-electron chi connectivity index (χ2n) is 5.01. The summed E-state index contributed by atoms with van der Waals surface area (Å²) in [5.74, 6) is -1.01. The summed E-state index contributed by atoms with van der Waals surface area (Å²) >= 11 is 6.64. The van der Waals surface area contributed by atoms with Crippen molar-refractivity contribution < 1.29 is 13.2 Å². The van der Waals surface area contributed by atoms with E-state index in [0.29, 0.717) is 0 Å². The molecule has 0 aliphatic heterocycles. The van der Waals surface area contributed by atoms with Gasteiger partial charge in [0.25, 0.3) is 0 Å². The Labute approximate surface area is 158 Å². The summed E-state index contributed by atoms with van der Waals surface area (Å²) in [4.78, 5) is 11.8. The van der Waals surface area contributed by atoms with Crippen molar-refractivity contribution in [2.75, 3.05) is 5.75 Å². The largest absolute Gasteiger partial charge is 0.294 e. The van der Waals surface area contributed by atoms with Crippen LogP contribution in [0.2, 0.25) is 0 Å². The van der Waals surface area contributed by atoms with E-state index in [1.165, 1.54) is 12.2 Å². The highest BCUT2D eigenvalue weighted by molar-refractivity contribution is 9.10. The number of carbonyl (C=O) groups is 1. The van der Waals surface area contributed by atoms with Crippen LogP contribution in [0.1, 0.15) is 11.1 Å². The van der Waals surface area contributed by atoms with E-state index in [2.05, 4.69) is 31.9 Å². The van der Waals surface area contributed by atoms with Gasteiger partial charge in [-0.1, -0.05) is 62.2 Å². The van der Waals surface area contributed by atoms with E-state index in [-0.39, 0.29) is 0 Å². The van der Waals surface area contributed by atoms with E-state index in [1.807, 2.05) is 36.4 Å². The van der Waals surface area contributed by atoms with E-state index in [1.54, 1.807) is 18.2 Å². The van der Waals surface area contributed by atoms with Crippen molar-refractivity contribution in [3.8, 4) is 0 Å². The normalized spacial score (nSPS) is 12.1. The van der Waals surface area contributed by atoms with Crippen molar-refractivity contribution in [1.82, 2.24) is 0 Å². The summed E-state index contributed by atoms with van der Waals surface area (Å²) in [6, 6.07) is 14.6. The lowest BCUT2D eigenvalue weighted by molar-refractivity contribution is -0.112. The molecule has 0 unspecified atom stereocenters. The van der Waals surface area contributed by atoms with Gasteiger partial charge in [0, 0.05) is 14.4 Å². The molecular formula is C18H14Br2O3S. The van der Waals surface area contributed by atoms with Crippen LogP contribution < -0.4 is 0 Å². The number of benzene rings is 2. The van der Waals surface area contributed by atoms with Gasteiger partial charge in [0.1, 0.15) is 5.75 Å². The first kappa shape index (κ1) is 18.8. The first-order valence-corrected chi connectivity index (χ1v) is 10.3. The van der Waals surface area contributed by atoms with Crippen molar-refractivity contribution in [3.63, 3.8) is 0 Å². The summed E-state index contributed by atoms with van der Waals surface area (Å²) in [6.07, 6.45) is 4.37.